The maximum absolute atomic E-state index is 6.51. The van der Waals surface area contributed by atoms with E-state index in [1.165, 1.54) is 18.4 Å². The lowest BCUT2D eigenvalue weighted by Crippen LogP contribution is -2.23. The molecule has 3 rings (SSSR count). The van der Waals surface area contributed by atoms with Crippen LogP contribution in [0.25, 0.3) is 10.9 Å². The van der Waals surface area contributed by atoms with Crippen LogP contribution in [-0.4, -0.2) is 24.7 Å². The molecule has 1 N–H and O–H groups in total. The molecule has 2 aromatic rings. The van der Waals surface area contributed by atoms with E-state index in [9.17, 15) is 0 Å². The van der Waals surface area contributed by atoms with E-state index in [2.05, 4.69) is 16.4 Å². The van der Waals surface area contributed by atoms with Crippen molar-refractivity contribution < 1.29 is 4.74 Å². The van der Waals surface area contributed by atoms with Gasteiger partial charge in [0.1, 0.15) is 0 Å². The summed E-state index contributed by atoms with van der Waals surface area (Å²) in [5.41, 5.74) is 2.08. The Morgan fingerprint density at radius 3 is 3.00 bits per heavy atom. The Hall–Kier alpha value is -1.32. The minimum atomic E-state index is 0.557. The van der Waals surface area contributed by atoms with Gasteiger partial charge in [-0.05, 0) is 43.5 Å². The Kier molecular flexibility index (Phi) is 3.58. The lowest BCUT2D eigenvalue weighted by molar-refractivity contribution is 0.399. The Labute approximate surface area is 117 Å². The molecule has 4 heteroatoms. The summed E-state index contributed by atoms with van der Waals surface area (Å²) in [7, 11) is 1.62. The van der Waals surface area contributed by atoms with Crippen molar-refractivity contribution in [2.24, 2.45) is 0 Å². The first kappa shape index (κ1) is 12.7. The van der Waals surface area contributed by atoms with E-state index in [4.69, 9.17) is 16.3 Å². The van der Waals surface area contributed by atoms with Gasteiger partial charge in [-0.2, -0.15) is 0 Å². The van der Waals surface area contributed by atoms with Crippen LogP contribution in [0.2, 0.25) is 5.02 Å². The third-order valence-electron chi connectivity index (χ3n) is 3.70. The molecule has 1 fully saturated rings. The summed E-state index contributed by atoms with van der Waals surface area (Å²) in [6.45, 7) is 1.12. The quantitative estimate of drug-likeness (QED) is 0.935. The third-order valence-corrected chi connectivity index (χ3v) is 4.14. The monoisotopic (exact) mass is 276 g/mol. The Morgan fingerprint density at radius 2 is 2.26 bits per heavy atom. The van der Waals surface area contributed by atoms with E-state index >= 15 is 0 Å². The van der Waals surface area contributed by atoms with Gasteiger partial charge in [-0.3, -0.25) is 0 Å². The fourth-order valence-corrected chi connectivity index (χ4v) is 2.96. The summed E-state index contributed by atoms with van der Waals surface area (Å²) in [6.07, 6.45) is 3.48. The number of nitrogens with one attached hydrogen (secondary N) is 1. The first-order valence-corrected chi connectivity index (χ1v) is 7.01. The summed E-state index contributed by atoms with van der Waals surface area (Å²) < 4.78 is 5.14. The van der Waals surface area contributed by atoms with Gasteiger partial charge in [-0.1, -0.05) is 17.7 Å². The van der Waals surface area contributed by atoms with Crippen molar-refractivity contribution in [3.63, 3.8) is 0 Å². The van der Waals surface area contributed by atoms with E-state index in [0.717, 1.165) is 28.9 Å². The van der Waals surface area contributed by atoms with Gasteiger partial charge < -0.3 is 10.1 Å². The fourth-order valence-electron chi connectivity index (χ4n) is 2.66. The molecule has 1 saturated heterocycles. The Balaban J connectivity index is 1.95. The highest BCUT2D eigenvalue weighted by atomic mass is 35.5. The van der Waals surface area contributed by atoms with E-state index < -0.39 is 0 Å². The highest BCUT2D eigenvalue weighted by Gasteiger charge is 2.17. The van der Waals surface area contributed by atoms with Crippen LogP contribution in [-0.2, 0) is 6.42 Å². The number of rotatable bonds is 3. The molecular weight excluding hydrogens is 260 g/mol. The van der Waals surface area contributed by atoms with Gasteiger partial charge in [0.15, 0.2) is 0 Å². The number of halogens is 1. The van der Waals surface area contributed by atoms with Crippen LogP contribution >= 0.6 is 11.6 Å². The second-order valence-electron chi connectivity index (χ2n) is 4.96. The molecule has 0 saturated carbocycles. The van der Waals surface area contributed by atoms with Gasteiger partial charge in [0.2, 0.25) is 5.88 Å². The second kappa shape index (κ2) is 5.35. The summed E-state index contributed by atoms with van der Waals surface area (Å²) in [5, 5.41) is 5.32. The van der Waals surface area contributed by atoms with E-state index in [1.54, 1.807) is 7.11 Å². The molecule has 0 amide bonds. The maximum atomic E-state index is 6.51. The number of fused-ring (bicyclic) bond motifs is 1. The Morgan fingerprint density at radius 1 is 1.37 bits per heavy atom. The average molecular weight is 277 g/mol. The summed E-state index contributed by atoms with van der Waals surface area (Å²) in [5.74, 6) is 0.619. The van der Waals surface area contributed by atoms with Crippen LogP contribution in [0, 0.1) is 0 Å². The topological polar surface area (TPSA) is 34.1 Å². The van der Waals surface area contributed by atoms with Crippen molar-refractivity contribution in [1.29, 1.82) is 0 Å². The van der Waals surface area contributed by atoms with Gasteiger partial charge in [0.25, 0.3) is 0 Å². The minimum absolute atomic E-state index is 0.557. The molecule has 1 aliphatic heterocycles. The predicted octanol–water partition coefficient (Wildman–Crippen LogP) is 3.19. The third kappa shape index (κ3) is 2.53. The van der Waals surface area contributed by atoms with Gasteiger partial charge >= 0.3 is 0 Å². The van der Waals surface area contributed by atoms with Crippen LogP contribution in [0.3, 0.4) is 0 Å². The smallest absolute Gasteiger partial charge is 0.213 e. The zero-order chi connectivity index (χ0) is 13.2. The van der Waals surface area contributed by atoms with Crippen molar-refractivity contribution >= 4 is 22.5 Å². The maximum Gasteiger partial charge on any atom is 0.213 e. The van der Waals surface area contributed by atoms with Crippen molar-refractivity contribution in [1.82, 2.24) is 10.3 Å². The first-order valence-electron chi connectivity index (χ1n) is 6.63. The first-order chi connectivity index (χ1) is 9.28. The molecule has 1 aromatic heterocycles. The molecule has 0 bridgehead atoms. The lowest BCUT2D eigenvalue weighted by atomic mass is 10.0. The van der Waals surface area contributed by atoms with Crippen LogP contribution in [0.4, 0.5) is 0 Å². The zero-order valence-electron chi connectivity index (χ0n) is 10.9. The molecule has 2 heterocycles. The number of benzene rings is 1. The predicted molar refractivity (Wildman–Crippen MR) is 78.0 cm³/mol. The zero-order valence-corrected chi connectivity index (χ0v) is 11.7. The SMILES string of the molecule is COc1ccc2c(Cl)c(CC3CCCN3)ccc2n1. The van der Waals surface area contributed by atoms with Crippen LogP contribution < -0.4 is 10.1 Å². The number of nitrogens with zero attached hydrogens (tertiary/aromatic N) is 1. The molecule has 19 heavy (non-hydrogen) atoms. The summed E-state index contributed by atoms with van der Waals surface area (Å²) >= 11 is 6.51. The molecule has 0 radical (unpaired) electrons. The molecular formula is C15H17ClN2O. The van der Waals surface area contributed by atoms with Crippen molar-refractivity contribution in [3.8, 4) is 5.88 Å². The number of hydrogen-bond acceptors (Lipinski definition) is 3. The van der Waals surface area contributed by atoms with E-state index in [1.807, 2.05) is 18.2 Å². The van der Waals surface area contributed by atoms with Crippen molar-refractivity contribution in [2.75, 3.05) is 13.7 Å². The highest BCUT2D eigenvalue weighted by Crippen LogP contribution is 2.29. The molecule has 1 aromatic carbocycles. The number of aromatic nitrogens is 1. The van der Waals surface area contributed by atoms with E-state index in [-0.39, 0.29) is 0 Å². The molecule has 1 unspecified atom stereocenters. The standard InChI is InChI=1S/C15H17ClN2O/c1-19-14-7-5-12-13(18-14)6-4-10(15(12)16)9-11-3-2-8-17-11/h4-7,11,17H,2-3,8-9H2,1H3. The van der Waals surface area contributed by atoms with Crippen molar-refractivity contribution in [3.05, 3.63) is 34.9 Å². The van der Waals surface area contributed by atoms with Crippen LogP contribution in [0.5, 0.6) is 5.88 Å². The largest absolute Gasteiger partial charge is 0.481 e. The normalized spacial score (nSPS) is 18.9. The molecule has 3 nitrogen and oxygen atoms in total. The number of ether oxygens (including phenoxy) is 1. The molecule has 1 atom stereocenters. The van der Waals surface area contributed by atoms with Crippen LogP contribution in [0.15, 0.2) is 24.3 Å². The summed E-state index contributed by atoms with van der Waals surface area (Å²) in [6, 6.07) is 8.49. The molecule has 0 spiro atoms. The van der Waals surface area contributed by atoms with Crippen LogP contribution in [0.1, 0.15) is 18.4 Å². The molecule has 1 aliphatic rings. The van der Waals surface area contributed by atoms with Gasteiger partial charge in [0, 0.05) is 17.5 Å². The minimum Gasteiger partial charge on any atom is -0.481 e. The Bertz CT molecular complexity index is 594. The summed E-state index contributed by atoms with van der Waals surface area (Å²) in [4.78, 5) is 4.41. The highest BCUT2D eigenvalue weighted by molar-refractivity contribution is 6.36. The molecule has 0 aliphatic carbocycles. The second-order valence-corrected chi connectivity index (χ2v) is 5.33. The molecule has 100 valence electrons. The van der Waals surface area contributed by atoms with E-state index in [0.29, 0.717) is 11.9 Å². The van der Waals surface area contributed by atoms with Gasteiger partial charge in [0.05, 0.1) is 17.6 Å². The van der Waals surface area contributed by atoms with Crippen molar-refractivity contribution in [2.45, 2.75) is 25.3 Å². The lowest BCUT2D eigenvalue weighted by Gasteiger charge is -2.13. The number of hydrogen-bond donors (Lipinski definition) is 1. The fraction of sp³-hybridized carbons (Fsp3) is 0.400. The average Bonchev–Trinajstić information content (AvgIpc) is 2.94. The van der Waals surface area contributed by atoms with Gasteiger partial charge in [-0.15, -0.1) is 0 Å². The number of methoxy groups -OCH3 is 1. The number of pyridine rings is 1. The van der Waals surface area contributed by atoms with Gasteiger partial charge in [-0.25, -0.2) is 4.98 Å².